The molecule has 29 heavy (non-hydrogen) atoms. The minimum Gasteiger partial charge on any atom is -0.268 e. The maximum absolute atomic E-state index is 14.9. The summed E-state index contributed by atoms with van der Waals surface area (Å²) in [5.74, 6) is -1.57. The van der Waals surface area contributed by atoms with Crippen molar-refractivity contribution in [1.82, 2.24) is 0 Å². The highest BCUT2D eigenvalue weighted by Crippen LogP contribution is 2.37. The van der Waals surface area contributed by atoms with Crippen molar-refractivity contribution in [3.05, 3.63) is 94.8 Å². The van der Waals surface area contributed by atoms with Gasteiger partial charge >= 0.3 is 0 Å². The van der Waals surface area contributed by atoms with Gasteiger partial charge in [-0.25, -0.2) is 12.8 Å². The lowest BCUT2D eigenvalue weighted by molar-refractivity contribution is 0.100. The van der Waals surface area contributed by atoms with E-state index in [-0.39, 0.29) is 16.1 Å². The van der Waals surface area contributed by atoms with Gasteiger partial charge < -0.3 is 0 Å². The Morgan fingerprint density at radius 1 is 0.828 bits per heavy atom. The summed E-state index contributed by atoms with van der Waals surface area (Å²) in [5, 5.41) is 0. The van der Waals surface area contributed by atoms with E-state index in [1.54, 1.807) is 48.5 Å². The van der Waals surface area contributed by atoms with Gasteiger partial charge in [0.1, 0.15) is 11.5 Å². The molecule has 6 heteroatoms. The molecule has 0 unspecified atom stereocenters. The Bertz CT molecular complexity index is 1260. The molecular formula is C23H18FNO3S. The van der Waals surface area contributed by atoms with Crippen LogP contribution in [0.4, 0.5) is 10.1 Å². The molecule has 0 aliphatic carbocycles. The van der Waals surface area contributed by atoms with Crippen molar-refractivity contribution in [2.24, 2.45) is 0 Å². The molecule has 0 saturated heterocycles. The van der Waals surface area contributed by atoms with Gasteiger partial charge in [0.25, 0.3) is 15.9 Å². The van der Waals surface area contributed by atoms with Gasteiger partial charge in [-0.2, -0.15) is 4.31 Å². The Morgan fingerprint density at radius 2 is 1.48 bits per heavy atom. The fourth-order valence-electron chi connectivity index (χ4n) is 3.44. The van der Waals surface area contributed by atoms with Gasteiger partial charge in [-0.15, -0.1) is 0 Å². The summed E-state index contributed by atoms with van der Waals surface area (Å²) in [6.07, 6.45) is 1.70. The number of benzene rings is 3. The number of fused-ring (bicyclic) bond motifs is 2. The van der Waals surface area contributed by atoms with E-state index in [1.807, 2.05) is 13.8 Å². The number of rotatable bonds is 2. The van der Waals surface area contributed by atoms with Gasteiger partial charge in [0.2, 0.25) is 0 Å². The van der Waals surface area contributed by atoms with Crippen molar-refractivity contribution in [3.63, 3.8) is 0 Å². The number of sulfonamides is 1. The average Bonchev–Trinajstić information content (AvgIpc) is 2.69. The first-order chi connectivity index (χ1) is 13.8. The van der Waals surface area contributed by atoms with Crippen LogP contribution in [0.5, 0.6) is 0 Å². The third-order valence-electron chi connectivity index (χ3n) is 4.92. The van der Waals surface area contributed by atoms with Gasteiger partial charge in [0.15, 0.2) is 0 Å². The van der Waals surface area contributed by atoms with Crippen molar-refractivity contribution < 1.29 is 17.6 Å². The number of para-hydroxylation sites is 1. The summed E-state index contributed by atoms with van der Waals surface area (Å²) in [5.41, 5.74) is 2.47. The quantitative estimate of drug-likeness (QED) is 0.598. The molecule has 0 bridgehead atoms. The zero-order valence-corrected chi connectivity index (χ0v) is 16.7. The molecule has 146 valence electrons. The second-order valence-electron chi connectivity index (χ2n) is 6.94. The molecule has 0 radical (unpaired) electrons. The summed E-state index contributed by atoms with van der Waals surface area (Å²) in [4.78, 5) is 13.4. The summed E-state index contributed by atoms with van der Waals surface area (Å²) in [6.45, 7) is 3.64. The minimum absolute atomic E-state index is 0.0793. The molecule has 1 aliphatic rings. The van der Waals surface area contributed by atoms with E-state index in [0.717, 1.165) is 17.2 Å². The highest BCUT2D eigenvalue weighted by atomic mass is 32.2. The third-order valence-corrected chi connectivity index (χ3v) is 6.62. The van der Waals surface area contributed by atoms with Crippen LogP contribution in [-0.2, 0) is 10.0 Å². The molecular weight excluding hydrogens is 389 g/mol. The molecule has 0 fully saturated rings. The van der Waals surface area contributed by atoms with E-state index in [4.69, 9.17) is 0 Å². The first-order valence-electron chi connectivity index (χ1n) is 9.03. The van der Waals surface area contributed by atoms with E-state index >= 15 is 0 Å². The van der Waals surface area contributed by atoms with Crippen LogP contribution in [0.25, 0.3) is 11.6 Å². The summed E-state index contributed by atoms with van der Waals surface area (Å²) < 4.78 is 42.5. The molecule has 3 aromatic rings. The smallest absolute Gasteiger partial charge is 0.268 e. The molecule has 1 amide bonds. The van der Waals surface area contributed by atoms with E-state index < -0.39 is 21.7 Å². The van der Waals surface area contributed by atoms with Crippen LogP contribution in [0.3, 0.4) is 0 Å². The predicted molar refractivity (Wildman–Crippen MR) is 112 cm³/mol. The maximum Gasteiger partial charge on any atom is 0.273 e. The van der Waals surface area contributed by atoms with Crippen molar-refractivity contribution >= 4 is 33.3 Å². The monoisotopic (exact) mass is 407 g/mol. The van der Waals surface area contributed by atoms with E-state index in [0.29, 0.717) is 15.4 Å². The van der Waals surface area contributed by atoms with Crippen molar-refractivity contribution in [1.29, 1.82) is 0 Å². The Balaban J connectivity index is 2.07. The minimum atomic E-state index is -4.35. The Labute approximate surface area is 169 Å². The number of hydrogen-bond donors (Lipinski definition) is 0. The predicted octanol–water partition coefficient (Wildman–Crippen LogP) is 5.04. The number of allylic oxidation sites excluding steroid dienone is 1. The molecule has 0 N–H and O–H groups in total. The number of hydrogen-bond acceptors (Lipinski definition) is 3. The van der Waals surface area contributed by atoms with Crippen LogP contribution >= 0.6 is 0 Å². The molecule has 1 aliphatic heterocycles. The topological polar surface area (TPSA) is 54.5 Å². The molecule has 1 heterocycles. The molecule has 0 spiro atoms. The van der Waals surface area contributed by atoms with Gasteiger partial charge in [0, 0.05) is 11.1 Å². The van der Waals surface area contributed by atoms with E-state index in [2.05, 4.69) is 0 Å². The lowest BCUT2D eigenvalue weighted by Crippen LogP contribution is -2.39. The van der Waals surface area contributed by atoms with Crippen LogP contribution in [0.15, 0.2) is 71.6 Å². The van der Waals surface area contributed by atoms with Gasteiger partial charge in [-0.05, 0) is 55.3 Å². The Hall–Kier alpha value is -3.25. The number of anilines is 1. The van der Waals surface area contributed by atoms with Crippen LogP contribution < -0.4 is 4.31 Å². The standard InChI is InChI=1S/C23H18FNO3S/c1-15-10-12-18(13-11-15)29(27,28)25-22-17(6-5-9-21(22)24)14-16(2)19-7-3-4-8-20(19)23(25)26/h3-14H,1-2H3/b16-14-. The number of halogens is 1. The second-order valence-corrected chi connectivity index (χ2v) is 8.72. The Kier molecular flexibility index (Phi) is 4.59. The molecule has 4 nitrogen and oxygen atoms in total. The van der Waals surface area contributed by atoms with Crippen LogP contribution in [-0.4, -0.2) is 14.3 Å². The highest BCUT2D eigenvalue weighted by Gasteiger charge is 2.37. The first kappa shape index (κ1) is 19.1. The van der Waals surface area contributed by atoms with Crippen LogP contribution in [0, 0.1) is 12.7 Å². The molecule has 3 aromatic carbocycles. The summed E-state index contributed by atoms with van der Waals surface area (Å²) in [7, 11) is -4.35. The molecule has 0 saturated carbocycles. The van der Waals surface area contributed by atoms with Gasteiger partial charge in [0.05, 0.1) is 4.90 Å². The molecule has 0 aromatic heterocycles. The maximum atomic E-state index is 14.9. The second kappa shape index (κ2) is 6.97. The number of aryl methyl sites for hydroxylation is 1. The lowest BCUT2D eigenvalue weighted by atomic mass is 9.96. The zero-order valence-electron chi connectivity index (χ0n) is 15.9. The number of amides is 1. The van der Waals surface area contributed by atoms with Crippen molar-refractivity contribution in [2.75, 3.05) is 4.31 Å². The lowest BCUT2D eigenvalue weighted by Gasteiger charge is -2.27. The van der Waals surface area contributed by atoms with E-state index in [9.17, 15) is 17.6 Å². The first-order valence-corrected chi connectivity index (χ1v) is 10.5. The Morgan fingerprint density at radius 3 is 2.17 bits per heavy atom. The third kappa shape index (κ3) is 3.15. The van der Waals surface area contributed by atoms with Crippen LogP contribution in [0.1, 0.15) is 34.0 Å². The zero-order chi connectivity index (χ0) is 20.8. The summed E-state index contributed by atoms with van der Waals surface area (Å²) >= 11 is 0. The van der Waals surface area contributed by atoms with Gasteiger partial charge in [-0.1, -0.05) is 48.0 Å². The fourth-order valence-corrected chi connectivity index (χ4v) is 4.88. The SMILES string of the molecule is C/C1=C/c2cccc(F)c2N(S(=O)(=O)c2ccc(C)cc2)C(=O)c2ccccc21. The number of nitrogens with zero attached hydrogens (tertiary/aromatic N) is 1. The van der Waals surface area contributed by atoms with Crippen molar-refractivity contribution in [2.45, 2.75) is 18.7 Å². The highest BCUT2D eigenvalue weighted by molar-refractivity contribution is 7.93. The van der Waals surface area contributed by atoms with Crippen molar-refractivity contribution in [3.8, 4) is 0 Å². The van der Waals surface area contributed by atoms with E-state index in [1.165, 1.54) is 18.2 Å². The largest absolute Gasteiger partial charge is 0.273 e. The number of carbonyl (C=O) groups is 1. The normalized spacial score (nSPS) is 15.6. The average molecular weight is 407 g/mol. The summed E-state index contributed by atoms with van der Waals surface area (Å²) in [6, 6.07) is 17.1. The molecule has 0 atom stereocenters. The van der Waals surface area contributed by atoms with Gasteiger partial charge in [-0.3, -0.25) is 4.79 Å². The fraction of sp³-hybridized carbons (Fsp3) is 0.0870. The number of carbonyl (C=O) groups excluding carboxylic acids is 1. The molecule has 4 rings (SSSR count). The van der Waals surface area contributed by atoms with Crippen LogP contribution in [0.2, 0.25) is 0 Å².